The van der Waals surface area contributed by atoms with Crippen LogP contribution in [0.3, 0.4) is 0 Å². The van der Waals surface area contributed by atoms with Gasteiger partial charge < -0.3 is 15.5 Å². The van der Waals surface area contributed by atoms with Crippen LogP contribution >= 0.6 is 0 Å². The summed E-state index contributed by atoms with van der Waals surface area (Å²) in [6, 6.07) is 9.79. The van der Waals surface area contributed by atoms with Gasteiger partial charge in [-0.2, -0.15) is 5.26 Å². The molecule has 3 N–H and O–H groups in total. The minimum absolute atomic E-state index is 0.359. The molecule has 0 saturated heterocycles. The molecule has 4 nitrogen and oxygen atoms in total. The smallest absolute Gasteiger partial charge is 0.122 e. The lowest BCUT2D eigenvalue weighted by Crippen LogP contribution is -1.95. The van der Waals surface area contributed by atoms with Crippen molar-refractivity contribution in [2.45, 2.75) is 19.8 Å². The first-order chi connectivity index (χ1) is 9.06. The van der Waals surface area contributed by atoms with Gasteiger partial charge in [-0.25, -0.2) is 0 Å². The second-order valence-corrected chi connectivity index (χ2v) is 4.73. The minimum Gasteiger partial charge on any atom is -0.496 e. The van der Waals surface area contributed by atoms with Crippen LogP contribution in [0.5, 0.6) is 5.75 Å². The number of rotatable bonds is 3. The van der Waals surface area contributed by atoms with E-state index in [1.807, 2.05) is 12.1 Å². The standard InChI is InChI=1S/C15H17N3O/c1-9(2)12-6-10(4-5-14(12)19-3)13-7-11(8-16)15(17)18-13/h4-7,9,18H,17H2,1-3H3. The summed E-state index contributed by atoms with van der Waals surface area (Å²) in [6.07, 6.45) is 0. The summed E-state index contributed by atoms with van der Waals surface area (Å²) in [5, 5.41) is 8.93. The Balaban J connectivity index is 2.51. The molecule has 0 unspecified atom stereocenters. The van der Waals surface area contributed by atoms with E-state index in [1.54, 1.807) is 13.2 Å². The first-order valence-electron chi connectivity index (χ1n) is 6.13. The number of hydrogen-bond donors (Lipinski definition) is 2. The van der Waals surface area contributed by atoms with Gasteiger partial charge in [-0.3, -0.25) is 0 Å². The second-order valence-electron chi connectivity index (χ2n) is 4.73. The molecule has 0 fully saturated rings. The zero-order chi connectivity index (χ0) is 14.0. The van der Waals surface area contributed by atoms with Crippen molar-refractivity contribution in [2.24, 2.45) is 0 Å². The lowest BCUT2D eigenvalue weighted by atomic mass is 9.98. The average Bonchev–Trinajstić information content (AvgIpc) is 2.79. The number of nitriles is 1. The Kier molecular flexibility index (Phi) is 3.48. The fourth-order valence-corrected chi connectivity index (χ4v) is 2.07. The number of hydrogen-bond acceptors (Lipinski definition) is 3. The van der Waals surface area contributed by atoms with Crippen molar-refractivity contribution < 1.29 is 4.74 Å². The van der Waals surface area contributed by atoms with Crippen molar-refractivity contribution >= 4 is 5.82 Å². The van der Waals surface area contributed by atoms with Crippen LogP contribution in [0, 0.1) is 11.3 Å². The van der Waals surface area contributed by atoms with E-state index >= 15 is 0 Å². The number of H-pyrrole nitrogens is 1. The second kappa shape index (κ2) is 5.07. The van der Waals surface area contributed by atoms with Gasteiger partial charge in [-0.1, -0.05) is 13.8 Å². The summed E-state index contributed by atoms with van der Waals surface area (Å²) in [6.45, 7) is 4.23. The predicted octanol–water partition coefficient (Wildman–Crippen LogP) is 3.27. The van der Waals surface area contributed by atoms with Crippen LogP contribution in [0.2, 0.25) is 0 Å². The van der Waals surface area contributed by atoms with Crippen molar-refractivity contribution in [1.29, 1.82) is 5.26 Å². The van der Waals surface area contributed by atoms with Crippen molar-refractivity contribution in [3.63, 3.8) is 0 Å². The lowest BCUT2D eigenvalue weighted by Gasteiger charge is -2.13. The molecule has 2 aromatic rings. The van der Waals surface area contributed by atoms with Crippen LogP contribution in [0.1, 0.15) is 30.9 Å². The highest BCUT2D eigenvalue weighted by Gasteiger charge is 2.11. The molecule has 1 aromatic heterocycles. The van der Waals surface area contributed by atoms with Crippen LogP contribution in [-0.2, 0) is 0 Å². The number of aromatic nitrogens is 1. The molecule has 19 heavy (non-hydrogen) atoms. The van der Waals surface area contributed by atoms with Gasteiger partial charge in [0.05, 0.1) is 12.7 Å². The van der Waals surface area contributed by atoms with Crippen LogP contribution in [0.15, 0.2) is 24.3 Å². The highest BCUT2D eigenvalue weighted by molar-refractivity contribution is 5.69. The molecular weight excluding hydrogens is 238 g/mol. The van der Waals surface area contributed by atoms with Gasteiger partial charge in [0.1, 0.15) is 17.6 Å². The third-order valence-corrected chi connectivity index (χ3v) is 3.13. The fourth-order valence-electron chi connectivity index (χ4n) is 2.07. The van der Waals surface area contributed by atoms with Crippen LogP contribution in [0.4, 0.5) is 5.82 Å². The molecule has 0 atom stereocenters. The lowest BCUT2D eigenvalue weighted by molar-refractivity contribution is 0.407. The summed E-state index contributed by atoms with van der Waals surface area (Å²) in [5.41, 5.74) is 9.18. The van der Waals surface area contributed by atoms with E-state index in [-0.39, 0.29) is 0 Å². The fraction of sp³-hybridized carbons (Fsp3) is 0.267. The Labute approximate surface area is 112 Å². The third-order valence-electron chi connectivity index (χ3n) is 3.13. The molecule has 0 aliphatic carbocycles. The normalized spacial score (nSPS) is 10.5. The predicted molar refractivity (Wildman–Crippen MR) is 76.0 cm³/mol. The van der Waals surface area contributed by atoms with Gasteiger partial charge in [0.2, 0.25) is 0 Å². The maximum absolute atomic E-state index is 8.93. The molecule has 0 aliphatic heterocycles. The zero-order valence-electron chi connectivity index (χ0n) is 11.3. The van der Waals surface area contributed by atoms with Crippen LogP contribution < -0.4 is 10.5 Å². The largest absolute Gasteiger partial charge is 0.496 e. The Morgan fingerprint density at radius 3 is 2.58 bits per heavy atom. The van der Waals surface area contributed by atoms with Gasteiger partial charge >= 0.3 is 0 Å². The molecule has 98 valence electrons. The van der Waals surface area contributed by atoms with Crippen molar-refractivity contribution in [3.05, 3.63) is 35.4 Å². The highest BCUT2D eigenvalue weighted by atomic mass is 16.5. The summed E-state index contributed by atoms with van der Waals surface area (Å²) in [7, 11) is 1.67. The molecule has 2 rings (SSSR count). The molecule has 1 heterocycles. The molecule has 0 saturated carbocycles. The van der Waals surface area contributed by atoms with E-state index in [0.717, 1.165) is 22.6 Å². The first kappa shape index (κ1) is 13.0. The summed E-state index contributed by atoms with van der Waals surface area (Å²) >= 11 is 0. The number of nitrogens with zero attached hydrogens (tertiary/aromatic N) is 1. The number of nitrogen functional groups attached to an aromatic ring is 1. The number of methoxy groups -OCH3 is 1. The summed E-state index contributed by atoms with van der Waals surface area (Å²) < 4.78 is 5.36. The van der Waals surface area contributed by atoms with Crippen LogP contribution in [0.25, 0.3) is 11.3 Å². The van der Waals surface area contributed by atoms with Gasteiger partial charge in [-0.05, 0) is 41.3 Å². The van der Waals surface area contributed by atoms with Crippen molar-refractivity contribution in [1.82, 2.24) is 4.98 Å². The summed E-state index contributed by atoms with van der Waals surface area (Å²) in [5.74, 6) is 1.64. The van der Waals surface area contributed by atoms with Gasteiger partial charge in [-0.15, -0.1) is 0 Å². The van der Waals surface area contributed by atoms with Crippen molar-refractivity contribution in [2.75, 3.05) is 12.8 Å². The maximum atomic E-state index is 8.93. The van der Waals surface area contributed by atoms with Crippen LogP contribution in [-0.4, -0.2) is 12.1 Å². The van der Waals surface area contributed by atoms with Gasteiger partial charge in [0, 0.05) is 5.69 Å². The quantitative estimate of drug-likeness (QED) is 0.883. The van der Waals surface area contributed by atoms with E-state index in [4.69, 9.17) is 15.7 Å². The first-order valence-corrected chi connectivity index (χ1v) is 6.13. The van der Waals surface area contributed by atoms with Gasteiger partial charge in [0.25, 0.3) is 0 Å². The molecular formula is C15H17N3O. The Morgan fingerprint density at radius 2 is 2.05 bits per heavy atom. The third kappa shape index (κ3) is 2.41. The number of anilines is 1. The SMILES string of the molecule is COc1ccc(-c2cc(C#N)c(N)[nH]2)cc1C(C)C. The molecule has 0 aliphatic rings. The molecule has 4 heteroatoms. The highest BCUT2D eigenvalue weighted by Crippen LogP contribution is 2.32. The van der Waals surface area contributed by atoms with Crippen molar-refractivity contribution in [3.8, 4) is 23.1 Å². The average molecular weight is 255 g/mol. The number of nitrogens with two attached hydrogens (primary N) is 1. The molecule has 1 aromatic carbocycles. The van der Waals surface area contributed by atoms with E-state index in [2.05, 4.69) is 31.0 Å². The van der Waals surface area contributed by atoms with E-state index < -0.39 is 0 Å². The summed E-state index contributed by atoms with van der Waals surface area (Å²) in [4.78, 5) is 3.03. The Bertz CT molecular complexity index is 635. The number of aromatic amines is 1. The number of benzene rings is 1. The Hall–Kier alpha value is -2.41. The number of ether oxygens (including phenoxy) is 1. The minimum atomic E-state index is 0.359. The van der Waals surface area contributed by atoms with E-state index in [1.165, 1.54) is 0 Å². The van der Waals surface area contributed by atoms with Gasteiger partial charge in [0.15, 0.2) is 0 Å². The molecule has 0 spiro atoms. The topological polar surface area (TPSA) is 74.8 Å². The van der Waals surface area contributed by atoms with E-state index in [0.29, 0.717) is 17.3 Å². The maximum Gasteiger partial charge on any atom is 0.122 e. The van der Waals surface area contributed by atoms with E-state index in [9.17, 15) is 0 Å². The molecule has 0 amide bonds. The molecule has 0 bridgehead atoms. The monoisotopic (exact) mass is 255 g/mol. The molecule has 0 radical (unpaired) electrons. The zero-order valence-corrected chi connectivity index (χ0v) is 11.3. The Morgan fingerprint density at radius 1 is 1.32 bits per heavy atom. The number of nitrogens with one attached hydrogen (secondary N) is 1.